The zero-order chi connectivity index (χ0) is 21.6. The smallest absolute Gasteiger partial charge is 0.251 e. The van der Waals surface area contributed by atoms with E-state index < -0.39 is 0 Å². The van der Waals surface area contributed by atoms with E-state index in [1.165, 1.54) is 12.1 Å². The summed E-state index contributed by atoms with van der Waals surface area (Å²) in [5, 5.41) is 12.0. The van der Waals surface area contributed by atoms with Gasteiger partial charge < -0.3 is 9.88 Å². The molecule has 0 atom stereocenters. The summed E-state index contributed by atoms with van der Waals surface area (Å²) in [5.74, 6) is 0.887. The number of amides is 1. The van der Waals surface area contributed by atoms with Crippen molar-refractivity contribution in [1.82, 2.24) is 25.1 Å². The van der Waals surface area contributed by atoms with Gasteiger partial charge in [-0.3, -0.25) is 9.78 Å². The van der Waals surface area contributed by atoms with E-state index >= 15 is 0 Å². The Morgan fingerprint density at radius 2 is 1.71 bits per heavy atom. The van der Waals surface area contributed by atoms with Crippen LogP contribution in [0.2, 0.25) is 0 Å². The van der Waals surface area contributed by atoms with Crippen molar-refractivity contribution in [3.05, 3.63) is 95.8 Å². The monoisotopic (exact) mass is 433 g/mol. The minimum Gasteiger partial charge on any atom is -0.345 e. The Morgan fingerprint density at radius 3 is 2.39 bits per heavy atom. The quantitative estimate of drug-likeness (QED) is 0.442. The molecule has 0 aliphatic rings. The third-order valence-electron chi connectivity index (χ3n) is 4.73. The van der Waals surface area contributed by atoms with Crippen molar-refractivity contribution in [1.29, 1.82) is 0 Å². The fourth-order valence-electron chi connectivity index (χ4n) is 2.96. The summed E-state index contributed by atoms with van der Waals surface area (Å²) < 4.78 is 14.9. The van der Waals surface area contributed by atoms with Gasteiger partial charge in [0, 0.05) is 24.6 Å². The van der Waals surface area contributed by atoms with Gasteiger partial charge in [-0.1, -0.05) is 42.1 Å². The molecule has 0 spiro atoms. The molecule has 4 aromatic rings. The van der Waals surface area contributed by atoms with Gasteiger partial charge in [0.05, 0.1) is 12.2 Å². The number of pyridine rings is 1. The van der Waals surface area contributed by atoms with E-state index in [1.807, 2.05) is 41.9 Å². The first kappa shape index (κ1) is 20.7. The molecule has 2 aromatic heterocycles. The van der Waals surface area contributed by atoms with Gasteiger partial charge in [0.2, 0.25) is 0 Å². The van der Waals surface area contributed by atoms with Crippen LogP contribution in [0.15, 0.2) is 78.1 Å². The van der Waals surface area contributed by atoms with Crippen LogP contribution in [0.4, 0.5) is 4.39 Å². The highest BCUT2D eigenvalue weighted by Crippen LogP contribution is 2.21. The second-order valence-electron chi connectivity index (χ2n) is 6.83. The molecule has 4 rings (SSSR count). The van der Waals surface area contributed by atoms with Crippen molar-refractivity contribution in [3.63, 3.8) is 0 Å². The van der Waals surface area contributed by atoms with E-state index in [2.05, 4.69) is 20.5 Å². The molecule has 0 saturated carbocycles. The topological polar surface area (TPSA) is 72.7 Å². The van der Waals surface area contributed by atoms with Crippen molar-refractivity contribution >= 4 is 17.7 Å². The van der Waals surface area contributed by atoms with Crippen LogP contribution >= 0.6 is 11.8 Å². The normalized spacial score (nSPS) is 10.8. The first-order valence-corrected chi connectivity index (χ1v) is 10.6. The summed E-state index contributed by atoms with van der Waals surface area (Å²) in [7, 11) is 1.87. The van der Waals surface area contributed by atoms with Gasteiger partial charge in [-0.2, -0.15) is 0 Å². The van der Waals surface area contributed by atoms with Gasteiger partial charge in [0.15, 0.2) is 11.0 Å². The maximum absolute atomic E-state index is 13.1. The first-order chi connectivity index (χ1) is 15.1. The maximum atomic E-state index is 13.1. The summed E-state index contributed by atoms with van der Waals surface area (Å²) in [6, 6.07) is 19.2. The Labute approximate surface area is 183 Å². The Morgan fingerprint density at radius 1 is 1.00 bits per heavy atom. The second-order valence-corrected chi connectivity index (χ2v) is 7.78. The highest BCUT2D eigenvalue weighted by molar-refractivity contribution is 7.98. The molecule has 31 heavy (non-hydrogen) atoms. The zero-order valence-electron chi connectivity index (χ0n) is 16.8. The van der Waals surface area contributed by atoms with E-state index in [-0.39, 0.29) is 18.3 Å². The third kappa shape index (κ3) is 5.16. The molecule has 0 aliphatic heterocycles. The van der Waals surface area contributed by atoms with E-state index in [0.29, 0.717) is 17.1 Å². The predicted molar refractivity (Wildman–Crippen MR) is 118 cm³/mol. The number of nitrogens with one attached hydrogen (secondary N) is 1. The lowest BCUT2D eigenvalue weighted by Gasteiger charge is -2.07. The SMILES string of the molecule is Cn1c(CNC(=O)c2ccc(-c3ccc(F)cc3)cc2)nnc1SCc1ccccn1. The van der Waals surface area contributed by atoms with Gasteiger partial charge in [0.25, 0.3) is 5.91 Å². The molecular weight excluding hydrogens is 413 g/mol. The Kier molecular flexibility index (Phi) is 6.37. The minimum absolute atomic E-state index is 0.198. The molecule has 6 nitrogen and oxygen atoms in total. The average molecular weight is 434 g/mol. The molecule has 1 N–H and O–H groups in total. The van der Waals surface area contributed by atoms with Crippen molar-refractivity contribution in [2.45, 2.75) is 17.5 Å². The Hall–Kier alpha value is -3.52. The summed E-state index contributed by atoms with van der Waals surface area (Å²) >= 11 is 1.54. The number of carbonyl (C=O) groups excluding carboxylic acids is 1. The Bertz CT molecular complexity index is 1160. The van der Waals surface area contributed by atoms with Crippen LogP contribution < -0.4 is 5.32 Å². The van der Waals surface area contributed by atoms with Crippen molar-refractivity contribution in [3.8, 4) is 11.1 Å². The van der Waals surface area contributed by atoms with Crippen molar-refractivity contribution in [2.75, 3.05) is 0 Å². The Balaban J connectivity index is 1.34. The van der Waals surface area contributed by atoms with Crippen LogP contribution in [-0.4, -0.2) is 25.7 Å². The fourth-order valence-corrected chi connectivity index (χ4v) is 3.81. The number of halogens is 1. The number of thioether (sulfide) groups is 1. The molecule has 2 heterocycles. The molecule has 0 bridgehead atoms. The number of aromatic nitrogens is 4. The molecule has 156 valence electrons. The van der Waals surface area contributed by atoms with Crippen LogP contribution in [0.25, 0.3) is 11.1 Å². The lowest BCUT2D eigenvalue weighted by atomic mass is 10.0. The fraction of sp³-hybridized carbons (Fsp3) is 0.130. The maximum Gasteiger partial charge on any atom is 0.251 e. The summed E-state index contributed by atoms with van der Waals surface area (Å²) in [6.07, 6.45) is 1.76. The van der Waals surface area contributed by atoms with Gasteiger partial charge in [-0.05, 0) is 47.5 Å². The molecular formula is C23H20FN5OS. The summed E-state index contributed by atoms with van der Waals surface area (Å²) in [6.45, 7) is 0.270. The second kappa shape index (κ2) is 9.53. The number of hydrogen-bond acceptors (Lipinski definition) is 5. The minimum atomic E-state index is -0.276. The lowest BCUT2D eigenvalue weighted by Crippen LogP contribution is -2.24. The standard InChI is InChI=1S/C23H20FN5OS/c1-29-21(27-28-23(29)31-15-20-4-2-3-13-25-20)14-26-22(30)18-7-5-16(6-8-18)17-9-11-19(24)12-10-17/h2-13H,14-15H2,1H3,(H,26,30). The molecule has 0 aliphatic carbocycles. The highest BCUT2D eigenvalue weighted by atomic mass is 32.2. The van der Waals surface area contributed by atoms with Gasteiger partial charge in [-0.15, -0.1) is 10.2 Å². The van der Waals surface area contributed by atoms with Crippen LogP contribution in [-0.2, 0) is 19.3 Å². The van der Waals surface area contributed by atoms with Crippen molar-refractivity contribution < 1.29 is 9.18 Å². The molecule has 0 fully saturated rings. The lowest BCUT2D eigenvalue weighted by molar-refractivity contribution is 0.0949. The molecule has 0 radical (unpaired) electrons. The van der Waals surface area contributed by atoms with E-state index in [1.54, 1.807) is 42.2 Å². The van der Waals surface area contributed by atoms with Crippen molar-refractivity contribution in [2.24, 2.45) is 7.05 Å². The molecule has 2 aromatic carbocycles. The van der Waals surface area contributed by atoms with Crippen LogP contribution in [0, 0.1) is 5.82 Å². The predicted octanol–water partition coefficient (Wildman–Crippen LogP) is 4.24. The molecule has 0 unspecified atom stereocenters. The van der Waals surface area contributed by atoms with Crippen LogP contribution in [0.5, 0.6) is 0 Å². The number of carbonyl (C=O) groups is 1. The molecule has 1 amide bonds. The summed E-state index contributed by atoms with van der Waals surface area (Å²) in [5.41, 5.74) is 3.31. The van der Waals surface area contributed by atoms with E-state index in [4.69, 9.17) is 0 Å². The van der Waals surface area contributed by atoms with E-state index in [9.17, 15) is 9.18 Å². The van der Waals surface area contributed by atoms with Crippen LogP contribution in [0.3, 0.4) is 0 Å². The number of rotatable bonds is 7. The number of nitrogens with zero attached hydrogens (tertiary/aromatic N) is 4. The van der Waals surface area contributed by atoms with E-state index in [0.717, 1.165) is 22.0 Å². The van der Waals surface area contributed by atoms with Crippen LogP contribution in [0.1, 0.15) is 21.9 Å². The highest BCUT2D eigenvalue weighted by Gasteiger charge is 2.12. The number of benzene rings is 2. The first-order valence-electron chi connectivity index (χ1n) is 9.65. The van der Waals surface area contributed by atoms with Gasteiger partial charge in [-0.25, -0.2) is 4.39 Å². The zero-order valence-corrected chi connectivity index (χ0v) is 17.6. The molecule has 0 saturated heterocycles. The largest absolute Gasteiger partial charge is 0.345 e. The van der Waals surface area contributed by atoms with Gasteiger partial charge in [0.1, 0.15) is 5.82 Å². The number of hydrogen-bond donors (Lipinski definition) is 1. The average Bonchev–Trinajstić information content (AvgIpc) is 3.16. The summed E-state index contributed by atoms with van der Waals surface area (Å²) in [4.78, 5) is 16.8. The van der Waals surface area contributed by atoms with Gasteiger partial charge >= 0.3 is 0 Å². The molecule has 8 heteroatoms. The third-order valence-corrected chi connectivity index (χ3v) is 5.79.